The van der Waals surface area contributed by atoms with Gasteiger partial charge in [-0.15, -0.1) is 0 Å². The molecule has 0 atom stereocenters. The van der Waals surface area contributed by atoms with E-state index < -0.39 is 23.5 Å². The van der Waals surface area contributed by atoms with Crippen molar-refractivity contribution in [2.45, 2.75) is 25.8 Å². The van der Waals surface area contributed by atoms with Crippen LogP contribution in [0.5, 0.6) is 0 Å². The molecule has 0 saturated carbocycles. The van der Waals surface area contributed by atoms with Gasteiger partial charge in [-0.1, -0.05) is 24.3 Å². The van der Waals surface area contributed by atoms with E-state index in [0.717, 1.165) is 35.4 Å². The smallest absolute Gasteiger partial charge is 0.398 e. The number of isothiocyanates is 1. The van der Waals surface area contributed by atoms with Crippen LogP contribution in [0.25, 0.3) is 0 Å². The van der Waals surface area contributed by atoms with Gasteiger partial charge in [-0.2, -0.15) is 31.3 Å². The summed E-state index contributed by atoms with van der Waals surface area (Å²) in [6.07, 6.45) is -8.73. The molecule has 3 aromatic carbocycles. The first-order valence-corrected chi connectivity index (χ1v) is 10.9. The van der Waals surface area contributed by atoms with Gasteiger partial charge in [0.2, 0.25) is 0 Å². The van der Waals surface area contributed by atoms with Gasteiger partial charge in [-0.05, 0) is 85.0 Å². The summed E-state index contributed by atoms with van der Waals surface area (Å²) in [5, 5.41) is 7.92. The number of hydrogen-bond acceptors (Lipinski definition) is 4. The molecule has 36 heavy (non-hydrogen) atoms. The van der Waals surface area contributed by atoms with Gasteiger partial charge in [0.15, 0.2) is 5.11 Å². The maximum Gasteiger partial charge on any atom is 0.416 e. The van der Waals surface area contributed by atoms with Gasteiger partial charge < -0.3 is 16.4 Å². The second-order valence-corrected chi connectivity index (χ2v) is 7.87. The van der Waals surface area contributed by atoms with Crippen molar-refractivity contribution in [3.63, 3.8) is 0 Å². The number of anilines is 2. The summed E-state index contributed by atoms with van der Waals surface area (Å²) in [5.74, 6) is 0. The molecule has 0 amide bonds. The van der Waals surface area contributed by atoms with Gasteiger partial charge in [0.1, 0.15) is 0 Å². The molecule has 0 aliphatic rings. The highest BCUT2D eigenvalue weighted by molar-refractivity contribution is 7.80. The predicted octanol–water partition coefficient (Wildman–Crippen LogP) is 7.52. The first kappa shape index (κ1) is 28.8. The van der Waals surface area contributed by atoms with Crippen molar-refractivity contribution in [1.82, 2.24) is 5.32 Å². The van der Waals surface area contributed by atoms with E-state index in [-0.39, 0.29) is 16.5 Å². The van der Waals surface area contributed by atoms with Crippen LogP contribution in [-0.4, -0.2) is 10.3 Å². The Labute approximate surface area is 214 Å². The molecule has 3 aromatic rings. The molecule has 3 rings (SSSR count). The molecule has 190 valence electrons. The summed E-state index contributed by atoms with van der Waals surface area (Å²) in [6, 6.07) is 15.0. The molecule has 4 nitrogen and oxygen atoms in total. The van der Waals surface area contributed by atoms with Crippen molar-refractivity contribution in [3.05, 3.63) is 89.0 Å². The Morgan fingerprint density at radius 1 is 0.917 bits per heavy atom. The predicted molar refractivity (Wildman–Crippen MR) is 136 cm³/mol. The summed E-state index contributed by atoms with van der Waals surface area (Å²) in [5.41, 5.74) is 7.42. The fraction of sp³-hybridized carbons (Fsp3) is 0.167. The number of rotatable bonds is 4. The first-order valence-electron chi connectivity index (χ1n) is 10.1. The normalized spacial score (nSPS) is 11.0. The molecule has 0 heterocycles. The molecule has 0 unspecified atom stereocenters. The van der Waals surface area contributed by atoms with Crippen LogP contribution >= 0.6 is 24.4 Å². The van der Waals surface area contributed by atoms with Gasteiger partial charge >= 0.3 is 12.4 Å². The van der Waals surface area contributed by atoms with Crippen molar-refractivity contribution in [2.24, 2.45) is 4.99 Å². The van der Waals surface area contributed by atoms with E-state index in [4.69, 9.17) is 18.0 Å². The van der Waals surface area contributed by atoms with Gasteiger partial charge in [0.05, 0.1) is 22.0 Å². The first-order chi connectivity index (χ1) is 16.8. The third-order valence-corrected chi connectivity index (χ3v) is 5.01. The number of hydrogen-bond donors (Lipinski definition) is 3. The number of nitrogens with zero attached hydrogens (tertiary/aromatic N) is 1. The van der Waals surface area contributed by atoms with Gasteiger partial charge in [0.25, 0.3) is 0 Å². The van der Waals surface area contributed by atoms with Crippen LogP contribution in [0.1, 0.15) is 22.3 Å². The molecular weight excluding hydrogens is 522 g/mol. The van der Waals surface area contributed by atoms with Crippen molar-refractivity contribution in [2.75, 3.05) is 11.1 Å². The number of benzene rings is 3. The third-order valence-electron chi connectivity index (χ3n) is 4.67. The van der Waals surface area contributed by atoms with Crippen LogP contribution in [0.15, 0.2) is 71.7 Å². The van der Waals surface area contributed by atoms with Crippen molar-refractivity contribution >= 4 is 51.8 Å². The van der Waals surface area contributed by atoms with Gasteiger partial charge in [-0.25, -0.2) is 0 Å². The highest BCUT2D eigenvalue weighted by Crippen LogP contribution is 2.31. The Morgan fingerprint density at radius 3 is 2.08 bits per heavy atom. The highest BCUT2D eigenvalue weighted by atomic mass is 32.1. The van der Waals surface area contributed by atoms with Crippen molar-refractivity contribution < 1.29 is 26.3 Å². The second kappa shape index (κ2) is 12.5. The third kappa shape index (κ3) is 8.95. The van der Waals surface area contributed by atoms with Crippen LogP contribution in [0.3, 0.4) is 0 Å². The maximum atomic E-state index is 12.7. The van der Waals surface area contributed by atoms with Crippen LogP contribution in [0, 0.1) is 6.92 Å². The lowest BCUT2D eigenvalue weighted by Gasteiger charge is -2.14. The number of halogens is 6. The van der Waals surface area contributed by atoms with E-state index in [1.54, 1.807) is 6.07 Å². The molecular formula is C24H20F6N4S2. The Morgan fingerprint density at radius 2 is 1.50 bits per heavy atom. The molecule has 0 aliphatic heterocycles. The van der Waals surface area contributed by atoms with E-state index in [1.165, 1.54) is 24.3 Å². The lowest BCUT2D eigenvalue weighted by molar-refractivity contribution is -0.138. The Hall–Kier alpha value is -3.47. The molecule has 0 aliphatic carbocycles. The summed E-state index contributed by atoms with van der Waals surface area (Å²) in [6.45, 7) is 2.32. The topological polar surface area (TPSA) is 62.4 Å². The molecule has 0 aromatic heterocycles. The van der Waals surface area contributed by atoms with Gasteiger partial charge in [0, 0.05) is 17.9 Å². The summed E-state index contributed by atoms with van der Waals surface area (Å²) in [7, 11) is 0. The number of nitrogens with one attached hydrogen (secondary N) is 2. The zero-order chi connectivity index (χ0) is 26.9. The molecule has 12 heteroatoms. The molecule has 4 N–H and O–H groups in total. The number of nitrogens with two attached hydrogens (primary N) is 1. The fourth-order valence-corrected chi connectivity index (χ4v) is 3.18. The Bertz CT molecular complexity index is 1230. The van der Waals surface area contributed by atoms with E-state index in [0.29, 0.717) is 12.2 Å². The minimum Gasteiger partial charge on any atom is -0.398 e. The maximum absolute atomic E-state index is 12.7. The molecule has 0 saturated heterocycles. The molecule has 0 radical (unpaired) electrons. The molecule has 0 bridgehead atoms. The number of aliphatic imine (C=N–C) groups is 1. The van der Waals surface area contributed by atoms with Crippen molar-refractivity contribution in [3.8, 4) is 0 Å². The van der Waals surface area contributed by atoms with Crippen LogP contribution in [-0.2, 0) is 18.9 Å². The average molecular weight is 543 g/mol. The van der Waals surface area contributed by atoms with Crippen LogP contribution in [0.4, 0.5) is 43.4 Å². The number of aryl methyl sites for hydroxylation is 1. The zero-order valence-electron chi connectivity index (χ0n) is 18.7. The van der Waals surface area contributed by atoms with E-state index in [1.807, 2.05) is 24.2 Å². The fourth-order valence-electron chi connectivity index (χ4n) is 2.89. The summed E-state index contributed by atoms with van der Waals surface area (Å²) >= 11 is 9.39. The number of alkyl halides is 6. The largest absolute Gasteiger partial charge is 0.416 e. The van der Waals surface area contributed by atoms with Crippen molar-refractivity contribution in [1.29, 1.82) is 0 Å². The zero-order valence-corrected chi connectivity index (χ0v) is 20.3. The molecule has 0 spiro atoms. The standard InChI is InChI=1S/C16H16F3N3S.C8H4F3NS/c1-10-4-2-7-14(20)13(10)9-21-15(23)22-12-6-3-5-11(8-12)16(17,18)19;9-8(10,11)6-2-1-3-7(4-6)12-5-13/h2-8H,9,20H2,1H3,(H2,21,22,23);1-4H. The SMILES string of the molecule is Cc1cccc(N)c1CNC(=S)Nc1cccc(C(F)(F)F)c1.FC(F)(F)c1cccc(N=C=S)c1. The highest BCUT2D eigenvalue weighted by Gasteiger charge is 2.31. The Kier molecular flexibility index (Phi) is 9.97. The number of thiocarbonyl (C=S) groups is 2. The lowest BCUT2D eigenvalue weighted by Crippen LogP contribution is -2.28. The second-order valence-electron chi connectivity index (χ2n) is 7.28. The van der Waals surface area contributed by atoms with E-state index >= 15 is 0 Å². The van der Waals surface area contributed by atoms with Crippen LogP contribution < -0.4 is 16.4 Å². The quantitative estimate of drug-likeness (QED) is 0.138. The summed E-state index contributed by atoms with van der Waals surface area (Å²) in [4.78, 5) is 3.45. The minimum absolute atomic E-state index is 0.157. The summed E-state index contributed by atoms with van der Waals surface area (Å²) < 4.78 is 74.4. The minimum atomic E-state index is -4.39. The monoisotopic (exact) mass is 542 g/mol. The average Bonchev–Trinajstić information content (AvgIpc) is 2.79. The van der Waals surface area contributed by atoms with Crippen LogP contribution in [0.2, 0.25) is 0 Å². The Balaban J connectivity index is 0.000000297. The van der Waals surface area contributed by atoms with Gasteiger partial charge in [-0.3, -0.25) is 0 Å². The number of nitrogen functional groups attached to an aromatic ring is 1. The van der Waals surface area contributed by atoms with E-state index in [9.17, 15) is 26.3 Å². The lowest BCUT2D eigenvalue weighted by atomic mass is 10.1. The van der Waals surface area contributed by atoms with E-state index in [2.05, 4.69) is 27.8 Å². The molecule has 0 fully saturated rings.